The van der Waals surface area contributed by atoms with Gasteiger partial charge in [0, 0.05) is 45.8 Å². The fourth-order valence-electron chi connectivity index (χ4n) is 6.79. The second-order valence-corrected chi connectivity index (χ2v) is 17.3. The van der Waals surface area contributed by atoms with Crippen LogP contribution in [0.3, 0.4) is 0 Å². The zero-order valence-corrected chi connectivity index (χ0v) is 43.5. The van der Waals surface area contributed by atoms with Crippen LogP contribution in [0.5, 0.6) is 0 Å². The van der Waals surface area contributed by atoms with E-state index in [9.17, 15) is 14.4 Å². The van der Waals surface area contributed by atoms with Crippen molar-refractivity contribution in [3.8, 4) is 0 Å². The first-order valence-electron chi connectivity index (χ1n) is 26.6. The summed E-state index contributed by atoms with van der Waals surface area (Å²) in [7, 11) is 3.95. The molecule has 67 heavy (non-hydrogen) atoms. The Morgan fingerprint density at radius 3 is 1.09 bits per heavy atom. The average Bonchev–Trinajstić information content (AvgIpc) is 3.31. The van der Waals surface area contributed by atoms with Crippen LogP contribution in [0.15, 0.2) is 48.6 Å². The normalized spacial score (nSPS) is 12.1. The van der Waals surface area contributed by atoms with Crippen LogP contribution in [0.1, 0.15) is 201 Å². The Hall–Kier alpha value is -3.03. The molecule has 0 saturated carbocycles. The maximum atomic E-state index is 12.7. The second kappa shape index (κ2) is 50.8. The second-order valence-electron chi connectivity index (χ2n) is 17.3. The minimum atomic E-state index is -0.678. The van der Waals surface area contributed by atoms with Crippen LogP contribution >= 0.6 is 0 Å². The topological polar surface area (TPSA) is 128 Å². The first-order chi connectivity index (χ1) is 32.7. The molecular weight excluding hydrogens is 851 g/mol. The van der Waals surface area contributed by atoms with Gasteiger partial charge in [-0.15, -0.1) is 0 Å². The molecule has 0 heterocycles. The van der Waals surface area contributed by atoms with Gasteiger partial charge in [0.05, 0.1) is 32.7 Å². The van der Waals surface area contributed by atoms with Crippen molar-refractivity contribution < 1.29 is 52.3 Å². The van der Waals surface area contributed by atoms with E-state index in [-0.39, 0.29) is 50.7 Å². The first-order valence-corrected chi connectivity index (χ1v) is 26.6. The van der Waals surface area contributed by atoms with E-state index in [2.05, 4.69) is 76.3 Å². The van der Waals surface area contributed by atoms with E-state index in [1.165, 1.54) is 0 Å². The lowest BCUT2D eigenvalue weighted by Crippen LogP contribution is -2.22. The number of rotatable bonds is 49. The molecule has 12 heteroatoms. The summed E-state index contributed by atoms with van der Waals surface area (Å²) >= 11 is 0. The van der Waals surface area contributed by atoms with Crippen molar-refractivity contribution in [3.05, 3.63) is 48.6 Å². The van der Waals surface area contributed by atoms with Crippen molar-refractivity contribution in [1.82, 2.24) is 4.90 Å². The summed E-state index contributed by atoms with van der Waals surface area (Å²) in [5.41, 5.74) is 0. The molecule has 0 amide bonds. The number of nitrogens with zero attached hydrogens (tertiary/aromatic N) is 1. The highest BCUT2D eigenvalue weighted by Gasteiger charge is 2.18. The van der Waals surface area contributed by atoms with Gasteiger partial charge in [-0.05, 0) is 162 Å². The van der Waals surface area contributed by atoms with Crippen molar-refractivity contribution >= 4 is 18.1 Å². The lowest BCUT2D eigenvalue weighted by molar-refractivity contribution is -0.159. The summed E-state index contributed by atoms with van der Waals surface area (Å²) in [6.07, 6.45) is 37.9. The van der Waals surface area contributed by atoms with Crippen molar-refractivity contribution in [2.45, 2.75) is 220 Å². The van der Waals surface area contributed by atoms with Gasteiger partial charge in [0.1, 0.15) is 6.10 Å². The zero-order valence-electron chi connectivity index (χ0n) is 43.5. The number of esters is 2. The van der Waals surface area contributed by atoms with Gasteiger partial charge in [-0.2, -0.15) is 0 Å². The molecule has 0 atom stereocenters. The number of carbonyl (C=O) groups excluding carboxylic acids is 3. The lowest BCUT2D eigenvalue weighted by Gasteiger charge is -2.19. The third-order valence-electron chi connectivity index (χ3n) is 10.7. The summed E-state index contributed by atoms with van der Waals surface area (Å²) in [4.78, 5) is 40.1. The molecule has 0 bridgehead atoms. The summed E-state index contributed by atoms with van der Waals surface area (Å²) in [6.45, 7) is 12.6. The van der Waals surface area contributed by atoms with Crippen LogP contribution in [-0.2, 0) is 47.5 Å². The number of hydrogen-bond acceptors (Lipinski definition) is 12. The molecule has 12 nitrogen and oxygen atoms in total. The van der Waals surface area contributed by atoms with E-state index < -0.39 is 18.7 Å². The molecule has 0 spiro atoms. The van der Waals surface area contributed by atoms with Gasteiger partial charge in [-0.3, -0.25) is 9.59 Å². The maximum Gasteiger partial charge on any atom is 0.508 e. The molecule has 0 aliphatic heterocycles. The van der Waals surface area contributed by atoms with Gasteiger partial charge < -0.3 is 42.8 Å². The van der Waals surface area contributed by atoms with E-state index in [0.29, 0.717) is 84.2 Å². The minimum Gasteiger partial charge on any atom is -0.466 e. The third-order valence-corrected chi connectivity index (χ3v) is 10.7. The molecule has 0 rings (SSSR count). The monoisotopic (exact) mass is 950 g/mol. The Kier molecular flexibility index (Phi) is 48.5. The zero-order chi connectivity index (χ0) is 49.1. The number of hydrogen-bond donors (Lipinski definition) is 0. The minimum absolute atomic E-state index is 0.218. The molecule has 0 unspecified atom stereocenters. The summed E-state index contributed by atoms with van der Waals surface area (Å²) in [5, 5.41) is 0. The SMILES string of the molecule is CC/C=C\CCCCOC(CCC(=O)OCCCCC(CCCCOC(=O)CCC(OCCCC/C=C\CC)OCCCC/C=C\CC)OC(=O)OCCCN(C)C)OCCCC/C=C\CC. The largest absolute Gasteiger partial charge is 0.508 e. The van der Waals surface area contributed by atoms with Gasteiger partial charge in [-0.1, -0.05) is 76.3 Å². The van der Waals surface area contributed by atoms with Crippen LogP contribution in [0, 0.1) is 0 Å². The van der Waals surface area contributed by atoms with Crippen LogP contribution in [0.25, 0.3) is 0 Å². The van der Waals surface area contributed by atoms with E-state index in [4.69, 9.17) is 37.9 Å². The van der Waals surface area contributed by atoms with Gasteiger partial charge in [-0.25, -0.2) is 4.79 Å². The Morgan fingerprint density at radius 1 is 0.403 bits per heavy atom. The van der Waals surface area contributed by atoms with Gasteiger partial charge >= 0.3 is 18.1 Å². The van der Waals surface area contributed by atoms with Crippen LogP contribution in [0.2, 0.25) is 0 Å². The molecule has 0 aromatic rings. The molecular formula is C55H99NO11. The molecule has 0 radical (unpaired) electrons. The summed E-state index contributed by atoms with van der Waals surface area (Å²) < 4.78 is 46.5. The Morgan fingerprint density at radius 2 is 0.746 bits per heavy atom. The van der Waals surface area contributed by atoms with Gasteiger partial charge in [0.2, 0.25) is 0 Å². The lowest BCUT2D eigenvalue weighted by atomic mass is 10.1. The van der Waals surface area contributed by atoms with E-state index in [0.717, 1.165) is 109 Å². The molecule has 0 fully saturated rings. The van der Waals surface area contributed by atoms with Crippen LogP contribution < -0.4 is 0 Å². The van der Waals surface area contributed by atoms with Crippen molar-refractivity contribution in [2.24, 2.45) is 0 Å². The standard InChI is InChI=1S/C55H99NO11/c1-7-11-15-19-23-29-45-62-53(63-46-30-24-20-16-12-8-2)40-38-51(57)60-43-33-27-36-50(67-55(59)66-49-35-42-56(5)6)37-28-34-44-61-52(58)39-41-54(64-47-31-25-21-17-13-9-3)65-48-32-26-22-18-14-10-4/h11-18,50,53-54H,7-10,19-49H2,1-6H3/b15-11-,16-12-,17-13-,18-14-. The quantitative estimate of drug-likeness (QED) is 0.0189. The molecule has 0 aliphatic rings. The molecule has 0 saturated heterocycles. The average molecular weight is 950 g/mol. The van der Waals surface area contributed by atoms with E-state index >= 15 is 0 Å². The van der Waals surface area contributed by atoms with Gasteiger partial charge in [0.15, 0.2) is 12.6 Å². The number of ether oxygens (including phenoxy) is 8. The number of unbranched alkanes of at least 4 members (excludes halogenated alkanes) is 10. The van der Waals surface area contributed by atoms with Crippen molar-refractivity contribution in [3.63, 3.8) is 0 Å². The molecule has 390 valence electrons. The number of allylic oxidation sites excluding steroid dienone is 8. The summed E-state index contributed by atoms with van der Waals surface area (Å²) in [5.74, 6) is -0.550. The first kappa shape index (κ1) is 64.0. The smallest absolute Gasteiger partial charge is 0.466 e. The van der Waals surface area contributed by atoms with Crippen molar-refractivity contribution in [1.29, 1.82) is 0 Å². The third kappa shape index (κ3) is 47.8. The maximum absolute atomic E-state index is 12.7. The van der Waals surface area contributed by atoms with Crippen LogP contribution in [-0.4, -0.2) is 109 Å². The summed E-state index contributed by atoms with van der Waals surface area (Å²) in [6, 6.07) is 0. The molecule has 0 aliphatic carbocycles. The Labute approximate surface area is 409 Å². The van der Waals surface area contributed by atoms with Crippen molar-refractivity contribution in [2.75, 3.05) is 66.9 Å². The highest BCUT2D eigenvalue weighted by molar-refractivity contribution is 5.69. The highest BCUT2D eigenvalue weighted by atomic mass is 16.7. The Balaban J connectivity index is 4.89. The number of carbonyl (C=O) groups is 3. The predicted octanol–water partition coefficient (Wildman–Crippen LogP) is 13.7. The highest BCUT2D eigenvalue weighted by Crippen LogP contribution is 2.16. The fraction of sp³-hybridized carbons (Fsp3) is 0.800. The molecule has 0 aromatic carbocycles. The molecule has 0 aromatic heterocycles. The molecule has 0 N–H and O–H groups in total. The fourth-order valence-corrected chi connectivity index (χ4v) is 6.79. The van der Waals surface area contributed by atoms with Gasteiger partial charge in [0.25, 0.3) is 0 Å². The predicted molar refractivity (Wildman–Crippen MR) is 272 cm³/mol. The van der Waals surface area contributed by atoms with Crippen LogP contribution in [0.4, 0.5) is 4.79 Å². The Bertz CT molecular complexity index is 1110. The van der Waals surface area contributed by atoms with E-state index in [1.54, 1.807) is 0 Å². The van der Waals surface area contributed by atoms with E-state index in [1.807, 2.05) is 19.0 Å².